The molecule has 1 nitrogen and oxygen atoms in total. The second kappa shape index (κ2) is 3.88. The average Bonchev–Trinajstić information content (AvgIpc) is 2.04. The summed E-state index contributed by atoms with van der Waals surface area (Å²) in [7, 11) is 0. The minimum absolute atomic E-state index is 0.178. The van der Waals surface area contributed by atoms with Crippen LogP contribution in [0.25, 0.3) is 0 Å². The Balaban J connectivity index is 3.21. The van der Waals surface area contributed by atoms with Crippen LogP contribution in [0.4, 0.5) is 0 Å². The van der Waals surface area contributed by atoms with Crippen LogP contribution in [0.15, 0.2) is 18.2 Å². The number of ketones is 1. The fraction of sp³-hybridized carbons (Fsp3) is 0.300. The monoisotopic (exact) mass is 228 g/mol. The van der Waals surface area contributed by atoms with Crippen molar-refractivity contribution < 1.29 is 4.79 Å². The molecule has 12 heavy (non-hydrogen) atoms. The van der Waals surface area contributed by atoms with E-state index in [0.29, 0.717) is 15.0 Å². The zero-order chi connectivity index (χ0) is 9.14. The van der Waals surface area contributed by atoms with Gasteiger partial charge in [0.25, 0.3) is 0 Å². The molecular formula is C10H12OSe. The number of carbonyl (C=O) groups is 1. The molecule has 64 valence electrons. The molecule has 0 aliphatic heterocycles. The third kappa shape index (κ3) is 1.96. The number of carbonyl (C=O) groups excluding carboxylic acids is 1. The molecule has 0 saturated carbocycles. The van der Waals surface area contributed by atoms with Crippen molar-refractivity contribution in [1.82, 2.24) is 0 Å². The molecule has 2 heteroatoms. The van der Waals surface area contributed by atoms with Crippen molar-refractivity contribution in [3.63, 3.8) is 0 Å². The maximum atomic E-state index is 11.2. The standard InChI is InChI=1S/C10H12OSe/c1-7-4-5-10(12-3)9(6-7)8(2)11/h4-6H,1-3H3. The number of rotatable bonds is 2. The van der Waals surface area contributed by atoms with Crippen LogP contribution in [0.2, 0.25) is 5.82 Å². The molecule has 1 aromatic carbocycles. The Bertz CT molecular complexity index is 305. The number of hydrogen-bond acceptors (Lipinski definition) is 1. The van der Waals surface area contributed by atoms with Crippen molar-refractivity contribution in [2.75, 3.05) is 0 Å². The molecule has 0 amide bonds. The fourth-order valence-corrected chi connectivity index (χ4v) is 2.41. The van der Waals surface area contributed by atoms with E-state index < -0.39 is 0 Å². The van der Waals surface area contributed by atoms with Gasteiger partial charge in [-0.3, -0.25) is 0 Å². The van der Waals surface area contributed by atoms with Gasteiger partial charge in [0.2, 0.25) is 0 Å². The van der Waals surface area contributed by atoms with Crippen LogP contribution in [-0.4, -0.2) is 20.7 Å². The first-order valence-electron chi connectivity index (χ1n) is 3.80. The van der Waals surface area contributed by atoms with Crippen molar-refractivity contribution in [2.24, 2.45) is 0 Å². The molecule has 0 aromatic heterocycles. The molecule has 0 saturated heterocycles. The summed E-state index contributed by atoms with van der Waals surface area (Å²) in [5.41, 5.74) is 2.06. The van der Waals surface area contributed by atoms with E-state index in [2.05, 4.69) is 18.0 Å². The van der Waals surface area contributed by atoms with E-state index >= 15 is 0 Å². The maximum absolute atomic E-state index is 11.2. The predicted molar refractivity (Wildman–Crippen MR) is 52.4 cm³/mol. The molecule has 0 aliphatic rings. The Morgan fingerprint density at radius 2 is 2.08 bits per heavy atom. The quantitative estimate of drug-likeness (QED) is 0.553. The molecule has 0 N–H and O–H groups in total. The molecule has 1 aromatic rings. The van der Waals surface area contributed by atoms with Crippen LogP contribution in [0.1, 0.15) is 22.8 Å². The Morgan fingerprint density at radius 3 is 2.58 bits per heavy atom. The zero-order valence-electron chi connectivity index (χ0n) is 7.55. The summed E-state index contributed by atoms with van der Waals surface area (Å²) in [6.45, 7) is 3.64. The summed E-state index contributed by atoms with van der Waals surface area (Å²) >= 11 is 0.411. The predicted octanol–water partition coefficient (Wildman–Crippen LogP) is 1.58. The Labute approximate surface area is 79.3 Å². The second-order valence-corrected chi connectivity index (χ2v) is 4.54. The van der Waals surface area contributed by atoms with E-state index in [0.717, 1.165) is 11.1 Å². The average molecular weight is 227 g/mol. The van der Waals surface area contributed by atoms with Gasteiger partial charge in [0.15, 0.2) is 0 Å². The summed E-state index contributed by atoms with van der Waals surface area (Å²) in [5, 5.41) is 0. The van der Waals surface area contributed by atoms with E-state index in [4.69, 9.17) is 0 Å². The van der Waals surface area contributed by atoms with Crippen LogP contribution >= 0.6 is 0 Å². The first-order chi connectivity index (χ1) is 5.65. The summed E-state index contributed by atoms with van der Waals surface area (Å²) in [5.74, 6) is 2.31. The Hall–Kier alpha value is -0.591. The number of Topliss-reactive ketones (excluding diaryl/α,β-unsaturated/α-hetero) is 1. The summed E-state index contributed by atoms with van der Waals surface area (Å²) < 4.78 is 1.21. The van der Waals surface area contributed by atoms with Crippen molar-refractivity contribution >= 4 is 25.2 Å². The Morgan fingerprint density at radius 1 is 1.42 bits per heavy atom. The molecule has 0 spiro atoms. The molecule has 0 fully saturated rings. The van der Waals surface area contributed by atoms with Gasteiger partial charge in [0.05, 0.1) is 0 Å². The number of hydrogen-bond donors (Lipinski definition) is 0. The topological polar surface area (TPSA) is 17.1 Å². The second-order valence-electron chi connectivity index (χ2n) is 2.76. The van der Waals surface area contributed by atoms with Gasteiger partial charge in [0.1, 0.15) is 0 Å². The van der Waals surface area contributed by atoms with Gasteiger partial charge in [-0.2, -0.15) is 0 Å². The summed E-state index contributed by atoms with van der Waals surface area (Å²) in [6.07, 6.45) is 0. The van der Waals surface area contributed by atoms with E-state index in [1.54, 1.807) is 6.92 Å². The van der Waals surface area contributed by atoms with Crippen LogP contribution in [0.3, 0.4) is 0 Å². The molecule has 1 rings (SSSR count). The van der Waals surface area contributed by atoms with Crippen LogP contribution < -0.4 is 4.46 Å². The molecule has 0 heterocycles. The van der Waals surface area contributed by atoms with Gasteiger partial charge in [-0.1, -0.05) is 0 Å². The van der Waals surface area contributed by atoms with Gasteiger partial charge >= 0.3 is 79.0 Å². The third-order valence-electron chi connectivity index (χ3n) is 1.73. The van der Waals surface area contributed by atoms with E-state index in [9.17, 15) is 4.79 Å². The molecule has 0 radical (unpaired) electrons. The van der Waals surface area contributed by atoms with E-state index in [-0.39, 0.29) is 5.78 Å². The Kier molecular flexibility index (Phi) is 3.07. The summed E-state index contributed by atoms with van der Waals surface area (Å²) in [6, 6.07) is 6.10. The van der Waals surface area contributed by atoms with E-state index in [1.165, 1.54) is 4.46 Å². The van der Waals surface area contributed by atoms with Crippen molar-refractivity contribution in [1.29, 1.82) is 0 Å². The van der Waals surface area contributed by atoms with Crippen LogP contribution in [0, 0.1) is 6.92 Å². The number of benzene rings is 1. The molecule has 0 atom stereocenters. The van der Waals surface area contributed by atoms with Gasteiger partial charge in [-0.25, -0.2) is 0 Å². The summed E-state index contributed by atoms with van der Waals surface area (Å²) in [4.78, 5) is 11.2. The van der Waals surface area contributed by atoms with Gasteiger partial charge in [-0.05, 0) is 0 Å². The molecular weight excluding hydrogens is 215 g/mol. The van der Waals surface area contributed by atoms with Gasteiger partial charge in [0, 0.05) is 0 Å². The van der Waals surface area contributed by atoms with Crippen molar-refractivity contribution in [3.8, 4) is 0 Å². The minimum atomic E-state index is 0.178. The van der Waals surface area contributed by atoms with Gasteiger partial charge in [-0.15, -0.1) is 0 Å². The zero-order valence-corrected chi connectivity index (χ0v) is 9.26. The first kappa shape index (κ1) is 9.50. The molecule has 0 aliphatic carbocycles. The molecule has 0 unspecified atom stereocenters. The third-order valence-corrected chi connectivity index (χ3v) is 3.40. The van der Waals surface area contributed by atoms with Crippen molar-refractivity contribution in [3.05, 3.63) is 29.3 Å². The van der Waals surface area contributed by atoms with Crippen molar-refractivity contribution in [2.45, 2.75) is 19.7 Å². The number of aryl methyl sites for hydroxylation is 1. The molecule has 0 bridgehead atoms. The van der Waals surface area contributed by atoms with Gasteiger partial charge < -0.3 is 0 Å². The first-order valence-corrected chi connectivity index (χ1v) is 6.37. The SMILES string of the molecule is C[Se]c1ccc(C)cc1C(C)=O. The normalized spacial score (nSPS) is 9.92. The van der Waals surface area contributed by atoms with Crippen LogP contribution in [0.5, 0.6) is 0 Å². The van der Waals surface area contributed by atoms with Crippen LogP contribution in [-0.2, 0) is 0 Å². The fourth-order valence-electron chi connectivity index (χ4n) is 1.10. The van der Waals surface area contributed by atoms with E-state index in [1.807, 2.05) is 13.0 Å².